The van der Waals surface area contributed by atoms with Gasteiger partial charge >= 0.3 is 0 Å². The molecule has 1 aliphatic rings. The molecule has 0 aliphatic carbocycles. The molecule has 0 amide bonds. The lowest BCUT2D eigenvalue weighted by molar-refractivity contribution is -0.132. The van der Waals surface area contributed by atoms with Gasteiger partial charge in [-0.05, 0) is 52.3 Å². The molecule has 1 heterocycles. The highest BCUT2D eigenvalue weighted by molar-refractivity contribution is 6.22. The van der Waals surface area contributed by atoms with E-state index in [0.717, 1.165) is 25.7 Å². The zero-order valence-corrected chi connectivity index (χ0v) is 20.2. The van der Waals surface area contributed by atoms with E-state index < -0.39 is 22.8 Å². The van der Waals surface area contributed by atoms with Crippen LogP contribution in [0, 0.1) is 11.7 Å². The maximum absolute atomic E-state index is 15.5. The van der Waals surface area contributed by atoms with Crippen LogP contribution in [0.2, 0.25) is 0 Å². The molecule has 0 saturated carbocycles. The van der Waals surface area contributed by atoms with Crippen molar-refractivity contribution in [2.45, 2.75) is 75.9 Å². The number of hydrogen-bond donors (Lipinski definition) is 1. The summed E-state index contributed by atoms with van der Waals surface area (Å²) in [5.41, 5.74) is -0.160. The van der Waals surface area contributed by atoms with Gasteiger partial charge in [-0.15, -0.1) is 11.6 Å². The fourth-order valence-electron chi connectivity index (χ4n) is 4.33. The maximum Gasteiger partial charge on any atom is 0.149 e. The lowest BCUT2D eigenvalue weighted by Crippen LogP contribution is -2.51. The third kappa shape index (κ3) is 5.65. The summed E-state index contributed by atoms with van der Waals surface area (Å²) in [7, 11) is 2.11. The van der Waals surface area contributed by atoms with Gasteiger partial charge in [0.05, 0.1) is 16.7 Å². The fraction of sp³-hybridized carbons (Fsp3) is 0.667. The molecule has 5 atom stereocenters. The monoisotopic (exact) mass is 454 g/mol. The first-order valence-corrected chi connectivity index (χ1v) is 11.3. The van der Waals surface area contributed by atoms with Crippen molar-refractivity contribution >= 4 is 29.9 Å². The minimum atomic E-state index is -1.11. The average molecular weight is 455 g/mol. The fourth-order valence-corrected chi connectivity index (χ4v) is 4.73. The normalized spacial score (nSPS) is 23.9. The first-order chi connectivity index (χ1) is 14.5. The van der Waals surface area contributed by atoms with E-state index in [1.165, 1.54) is 0 Å². The molecule has 0 radical (unpaired) electrons. The SMILES string of the molecule is CC(c1cccc(NC2CCN(C)C(C)(C)C2)c1F)C(Cl)[C@@](C)(OCC=O)C(C)C=O. The highest BCUT2D eigenvalue weighted by Crippen LogP contribution is 2.39. The lowest BCUT2D eigenvalue weighted by Gasteiger charge is -2.44. The number of aldehydes is 2. The summed E-state index contributed by atoms with van der Waals surface area (Å²) in [6.45, 7) is 10.4. The first-order valence-electron chi connectivity index (χ1n) is 10.9. The Morgan fingerprint density at radius 2 is 2.06 bits per heavy atom. The Kier molecular flexibility index (Phi) is 8.65. The highest BCUT2D eigenvalue weighted by Gasteiger charge is 2.43. The van der Waals surface area contributed by atoms with Crippen LogP contribution in [0.5, 0.6) is 0 Å². The van der Waals surface area contributed by atoms with Gasteiger partial charge in [-0.1, -0.05) is 26.0 Å². The van der Waals surface area contributed by atoms with Gasteiger partial charge in [0, 0.05) is 30.0 Å². The number of ether oxygens (including phenoxy) is 1. The Hall–Kier alpha value is -1.50. The Balaban J connectivity index is 2.26. The van der Waals surface area contributed by atoms with Crippen LogP contribution in [0.1, 0.15) is 58.9 Å². The van der Waals surface area contributed by atoms with Gasteiger partial charge in [-0.3, -0.25) is 0 Å². The second kappa shape index (κ2) is 10.4. The summed E-state index contributed by atoms with van der Waals surface area (Å²) in [5, 5.41) is 2.67. The van der Waals surface area contributed by atoms with Crippen molar-refractivity contribution in [1.29, 1.82) is 0 Å². The van der Waals surface area contributed by atoms with E-state index in [9.17, 15) is 9.59 Å². The number of carbonyl (C=O) groups is 2. The van der Waals surface area contributed by atoms with Crippen LogP contribution in [0.3, 0.4) is 0 Å². The molecule has 1 aromatic carbocycles. The van der Waals surface area contributed by atoms with E-state index in [2.05, 4.69) is 31.1 Å². The summed E-state index contributed by atoms with van der Waals surface area (Å²) in [6, 6.07) is 5.45. The number of carbonyl (C=O) groups excluding carboxylic acids is 2. The van der Waals surface area contributed by atoms with Crippen LogP contribution >= 0.6 is 11.6 Å². The lowest BCUT2D eigenvalue weighted by atomic mass is 9.80. The van der Waals surface area contributed by atoms with Crippen molar-refractivity contribution in [3.8, 4) is 0 Å². The summed E-state index contributed by atoms with van der Waals surface area (Å²) < 4.78 is 21.2. The highest BCUT2D eigenvalue weighted by atomic mass is 35.5. The maximum atomic E-state index is 15.5. The van der Waals surface area contributed by atoms with Gasteiger partial charge in [-0.25, -0.2) is 4.39 Å². The molecule has 1 aliphatic heterocycles. The van der Waals surface area contributed by atoms with Crippen LogP contribution in [0.4, 0.5) is 10.1 Å². The van der Waals surface area contributed by atoms with E-state index in [-0.39, 0.29) is 24.0 Å². The molecule has 1 fully saturated rings. The second-order valence-electron chi connectivity index (χ2n) is 9.55. The van der Waals surface area contributed by atoms with Crippen LogP contribution in [-0.4, -0.2) is 60.2 Å². The number of piperidine rings is 1. The minimum Gasteiger partial charge on any atom is -0.380 e. The standard InChI is InChI=1S/C24H36ClFN2O3/c1-16(15-30)24(5,31-13-12-29)22(25)17(2)19-8-7-9-20(21(19)26)27-18-10-11-28(6)23(3,4)14-18/h7-9,12,15-18,22,27H,10-11,13-14H2,1-6H3/t16?,17?,18?,22?,24-/m0/s1. The largest absolute Gasteiger partial charge is 0.380 e. The summed E-state index contributed by atoms with van der Waals surface area (Å²) in [4.78, 5) is 24.7. The average Bonchev–Trinajstić information content (AvgIpc) is 2.74. The number of anilines is 1. The number of rotatable bonds is 10. The van der Waals surface area contributed by atoms with E-state index in [4.69, 9.17) is 16.3 Å². The van der Waals surface area contributed by atoms with Crippen molar-refractivity contribution in [3.63, 3.8) is 0 Å². The van der Waals surface area contributed by atoms with Crippen molar-refractivity contribution in [2.75, 3.05) is 25.5 Å². The first kappa shape index (κ1) is 25.8. The summed E-state index contributed by atoms with van der Waals surface area (Å²) in [5.74, 6) is -1.35. The molecule has 1 N–H and O–H groups in total. The predicted molar refractivity (Wildman–Crippen MR) is 123 cm³/mol. The second-order valence-corrected chi connectivity index (χ2v) is 10.0. The molecule has 0 aromatic heterocycles. The van der Waals surface area contributed by atoms with E-state index in [1.54, 1.807) is 26.0 Å². The molecule has 4 unspecified atom stereocenters. The summed E-state index contributed by atoms with van der Waals surface area (Å²) in [6.07, 6.45) is 3.22. The number of likely N-dealkylation sites (tertiary alicyclic amines) is 1. The van der Waals surface area contributed by atoms with Gasteiger partial charge in [0.2, 0.25) is 0 Å². The van der Waals surface area contributed by atoms with Gasteiger partial charge in [-0.2, -0.15) is 0 Å². The predicted octanol–water partition coefficient (Wildman–Crippen LogP) is 4.63. The van der Waals surface area contributed by atoms with Crippen molar-refractivity contribution in [2.24, 2.45) is 5.92 Å². The zero-order valence-electron chi connectivity index (χ0n) is 19.5. The van der Waals surface area contributed by atoms with Gasteiger partial charge in [0.15, 0.2) is 0 Å². The molecule has 2 rings (SSSR count). The van der Waals surface area contributed by atoms with E-state index in [1.807, 2.05) is 13.0 Å². The Morgan fingerprint density at radius 1 is 1.39 bits per heavy atom. The molecular formula is C24H36ClFN2O3. The number of nitrogens with one attached hydrogen (secondary N) is 1. The van der Waals surface area contributed by atoms with Crippen molar-refractivity contribution in [1.82, 2.24) is 4.90 Å². The van der Waals surface area contributed by atoms with Crippen LogP contribution in [-0.2, 0) is 14.3 Å². The Labute approximate surface area is 190 Å². The third-order valence-electron chi connectivity index (χ3n) is 7.03. The molecule has 5 nitrogen and oxygen atoms in total. The van der Waals surface area contributed by atoms with Gasteiger partial charge in [0.1, 0.15) is 25.0 Å². The smallest absolute Gasteiger partial charge is 0.149 e. The van der Waals surface area contributed by atoms with E-state index in [0.29, 0.717) is 17.5 Å². The number of nitrogens with zero attached hydrogens (tertiary/aromatic N) is 1. The number of alkyl halides is 1. The minimum absolute atomic E-state index is 0.0429. The topological polar surface area (TPSA) is 58.6 Å². The Bertz CT molecular complexity index is 775. The molecule has 7 heteroatoms. The number of halogens is 2. The molecule has 0 bridgehead atoms. The van der Waals surface area contributed by atoms with Crippen LogP contribution < -0.4 is 5.32 Å². The number of hydrogen-bond acceptors (Lipinski definition) is 5. The molecule has 31 heavy (non-hydrogen) atoms. The van der Waals surface area contributed by atoms with E-state index >= 15 is 4.39 Å². The molecule has 1 aromatic rings. The van der Waals surface area contributed by atoms with Crippen LogP contribution in [0.15, 0.2) is 18.2 Å². The van der Waals surface area contributed by atoms with Crippen molar-refractivity contribution in [3.05, 3.63) is 29.6 Å². The Morgan fingerprint density at radius 3 is 2.65 bits per heavy atom. The molecule has 1 saturated heterocycles. The quantitative estimate of drug-likeness (QED) is 0.412. The summed E-state index contributed by atoms with van der Waals surface area (Å²) >= 11 is 6.76. The van der Waals surface area contributed by atoms with Gasteiger partial charge < -0.3 is 24.5 Å². The molecule has 174 valence electrons. The van der Waals surface area contributed by atoms with Crippen molar-refractivity contribution < 1.29 is 18.7 Å². The molecule has 0 spiro atoms. The third-order valence-corrected chi connectivity index (χ3v) is 7.84. The van der Waals surface area contributed by atoms with Crippen LogP contribution in [0.25, 0.3) is 0 Å². The van der Waals surface area contributed by atoms with Gasteiger partial charge in [0.25, 0.3) is 0 Å². The zero-order chi connectivity index (χ0) is 23.4. The number of benzene rings is 1. The molecular weight excluding hydrogens is 419 g/mol.